The molecule has 0 aliphatic rings. The third-order valence-corrected chi connectivity index (χ3v) is 2.83. The molecule has 0 radical (unpaired) electrons. The quantitative estimate of drug-likeness (QED) is 0.662. The second-order valence-electron chi connectivity index (χ2n) is 3.72. The number of carbonyl (C=O) groups excluding carboxylic acids is 1. The van der Waals surface area contributed by atoms with E-state index in [0.717, 1.165) is 0 Å². The van der Waals surface area contributed by atoms with Crippen LogP contribution in [0.25, 0.3) is 0 Å². The number of carbonyl (C=O) groups is 1. The number of hydrazone groups is 1. The summed E-state index contributed by atoms with van der Waals surface area (Å²) in [5.74, 6) is 0.226. The molecule has 0 unspecified atom stereocenters. The minimum atomic E-state index is -0.535. The molecule has 1 aromatic heterocycles. The van der Waals surface area contributed by atoms with E-state index >= 15 is 0 Å². The van der Waals surface area contributed by atoms with E-state index in [9.17, 15) is 9.90 Å². The van der Waals surface area contributed by atoms with Gasteiger partial charge in [0.1, 0.15) is 17.3 Å². The van der Waals surface area contributed by atoms with E-state index in [-0.39, 0.29) is 11.3 Å². The molecular weight excluding hydrogens is 328 g/mol. The van der Waals surface area contributed by atoms with Crippen molar-refractivity contribution < 1.29 is 19.1 Å². The number of phenols is 1. The van der Waals surface area contributed by atoms with Crippen LogP contribution in [-0.4, -0.2) is 24.3 Å². The maximum Gasteiger partial charge on any atom is 0.275 e. The molecule has 2 aromatic rings. The number of methoxy groups -OCH3 is 1. The van der Waals surface area contributed by atoms with Gasteiger partial charge in [0.25, 0.3) is 5.91 Å². The van der Waals surface area contributed by atoms with Crippen LogP contribution in [0.15, 0.2) is 44.5 Å². The van der Waals surface area contributed by atoms with Crippen molar-refractivity contribution >= 4 is 28.1 Å². The van der Waals surface area contributed by atoms with Crippen LogP contribution in [0.3, 0.4) is 0 Å². The zero-order valence-electron chi connectivity index (χ0n) is 10.5. The number of ether oxygens (including phenoxy) is 1. The van der Waals surface area contributed by atoms with Crippen molar-refractivity contribution in [2.45, 2.75) is 0 Å². The normalized spacial score (nSPS) is 10.7. The van der Waals surface area contributed by atoms with Crippen LogP contribution < -0.4 is 10.2 Å². The summed E-state index contributed by atoms with van der Waals surface area (Å²) in [5, 5.41) is 13.4. The Morgan fingerprint density at radius 2 is 2.25 bits per heavy atom. The summed E-state index contributed by atoms with van der Waals surface area (Å²) in [7, 11) is 1.47. The smallest absolute Gasteiger partial charge is 0.275 e. The van der Waals surface area contributed by atoms with E-state index in [0.29, 0.717) is 16.2 Å². The first-order chi connectivity index (χ1) is 9.60. The molecule has 7 heteroatoms. The average molecular weight is 339 g/mol. The number of nitrogens with zero attached hydrogens (tertiary/aromatic N) is 1. The van der Waals surface area contributed by atoms with Crippen molar-refractivity contribution in [3.8, 4) is 11.5 Å². The maximum absolute atomic E-state index is 11.8. The number of halogens is 1. The van der Waals surface area contributed by atoms with Crippen molar-refractivity contribution in [2.75, 3.05) is 7.11 Å². The molecule has 0 aliphatic heterocycles. The molecule has 0 atom stereocenters. The highest BCUT2D eigenvalue weighted by atomic mass is 79.9. The predicted molar refractivity (Wildman–Crippen MR) is 76.1 cm³/mol. The van der Waals surface area contributed by atoms with Gasteiger partial charge in [0, 0.05) is 6.07 Å². The monoisotopic (exact) mass is 338 g/mol. The van der Waals surface area contributed by atoms with Crippen molar-refractivity contribution in [3.63, 3.8) is 0 Å². The lowest BCUT2D eigenvalue weighted by molar-refractivity contribution is 0.0952. The molecule has 0 saturated carbocycles. The Hall–Kier alpha value is -2.28. The van der Waals surface area contributed by atoms with Crippen molar-refractivity contribution in [1.29, 1.82) is 0 Å². The largest absolute Gasteiger partial charge is 0.507 e. The van der Waals surface area contributed by atoms with E-state index in [2.05, 4.69) is 26.5 Å². The molecule has 0 aliphatic carbocycles. The lowest BCUT2D eigenvalue weighted by atomic mass is 10.2. The Bertz CT molecular complexity index is 652. The van der Waals surface area contributed by atoms with Crippen LogP contribution in [-0.2, 0) is 0 Å². The van der Waals surface area contributed by atoms with Crippen LogP contribution in [0.1, 0.15) is 16.1 Å². The summed E-state index contributed by atoms with van der Waals surface area (Å²) in [6, 6.07) is 7.76. The molecule has 2 rings (SSSR count). The minimum Gasteiger partial charge on any atom is -0.507 e. The Kier molecular flexibility index (Phi) is 4.41. The van der Waals surface area contributed by atoms with Crippen molar-refractivity contribution in [1.82, 2.24) is 5.43 Å². The van der Waals surface area contributed by atoms with Gasteiger partial charge in [0.2, 0.25) is 0 Å². The summed E-state index contributed by atoms with van der Waals surface area (Å²) in [5.41, 5.74) is 2.39. The molecule has 0 fully saturated rings. The Morgan fingerprint density at radius 1 is 1.45 bits per heavy atom. The van der Waals surface area contributed by atoms with E-state index in [1.165, 1.54) is 25.5 Å². The highest BCUT2D eigenvalue weighted by Gasteiger charge is 2.11. The first kappa shape index (κ1) is 14.1. The zero-order valence-corrected chi connectivity index (χ0v) is 12.0. The lowest BCUT2D eigenvalue weighted by Gasteiger charge is -2.05. The van der Waals surface area contributed by atoms with Gasteiger partial charge in [-0.2, -0.15) is 5.10 Å². The molecule has 2 N–H and O–H groups in total. The predicted octanol–water partition coefficient (Wildman–Crippen LogP) is 2.52. The molecule has 0 bridgehead atoms. The number of rotatable bonds is 4. The molecule has 6 nitrogen and oxygen atoms in total. The van der Waals surface area contributed by atoms with E-state index in [1.54, 1.807) is 18.2 Å². The second-order valence-corrected chi connectivity index (χ2v) is 4.51. The first-order valence-electron chi connectivity index (χ1n) is 5.56. The number of aromatic hydroxyl groups is 1. The average Bonchev–Trinajstić information content (AvgIpc) is 2.84. The SMILES string of the molecule is COc1ccc(C(=O)N/N=C\c2ccc(Br)o2)c(O)c1. The van der Waals surface area contributed by atoms with Crippen molar-refractivity contribution in [2.24, 2.45) is 5.10 Å². The number of hydrogen-bond donors (Lipinski definition) is 2. The fourth-order valence-electron chi connectivity index (χ4n) is 1.44. The summed E-state index contributed by atoms with van der Waals surface area (Å²) >= 11 is 3.15. The summed E-state index contributed by atoms with van der Waals surface area (Å²) in [4.78, 5) is 11.8. The van der Waals surface area contributed by atoms with Gasteiger partial charge in [-0.3, -0.25) is 4.79 Å². The van der Waals surface area contributed by atoms with E-state index in [4.69, 9.17) is 9.15 Å². The molecule has 104 valence electrons. The van der Waals surface area contributed by atoms with Gasteiger partial charge in [-0.05, 0) is 40.2 Å². The molecule has 1 amide bonds. The second kappa shape index (κ2) is 6.25. The van der Waals surface area contributed by atoms with Gasteiger partial charge in [0.15, 0.2) is 4.67 Å². The fraction of sp³-hybridized carbons (Fsp3) is 0.0769. The molecular formula is C13H11BrN2O4. The Morgan fingerprint density at radius 3 is 2.85 bits per heavy atom. The van der Waals surface area contributed by atoms with Crippen LogP contribution in [0.5, 0.6) is 11.5 Å². The fourth-order valence-corrected chi connectivity index (χ4v) is 1.76. The van der Waals surface area contributed by atoms with Gasteiger partial charge < -0.3 is 14.3 Å². The van der Waals surface area contributed by atoms with Gasteiger partial charge in [0.05, 0.1) is 18.9 Å². The summed E-state index contributed by atoms with van der Waals surface area (Å²) in [6.45, 7) is 0. The third kappa shape index (κ3) is 3.39. The first-order valence-corrected chi connectivity index (χ1v) is 6.35. The van der Waals surface area contributed by atoms with Crippen LogP contribution in [0, 0.1) is 0 Å². The minimum absolute atomic E-state index is 0.101. The summed E-state index contributed by atoms with van der Waals surface area (Å²) < 4.78 is 10.7. The molecule has 20 heavy (non-hydrogen) atoms. The molecule has 1 aromatic carbocycles. The van der Waals surface area contributed by atoms with Gasteiger partial charge >= 0.3 is 0 Å². The van der Waals surface area contributed by atoms with Gasteiger partial charge in [-0.25, -0.2) is 5.43 Å². The van der Waals surface area contributed by atoms with E-state index in [1.807, 2.05) is 0 Å². The zero-order chi connectivity index (χ0) is 14.5. The Balaban J connectivity index is 2.03. The lowest BCUT2D eigenvalue weighted by Crippen LogP contribution is -2.17. The van der Waals surface area contributed by atoms with Gasteiger partial charge in [-0.15, -0.1) is 0 Å². The molecule has 0 saturated heterocycles. The Labute approximate surface area is 123 Å². The number of hydrogen-bond acceptors (Lipinski definition) is 5. The highest BCUT2D eigenvalue weighted by molar-refractivity contribution is 9.10. The maximum atomic E-state index is 11.8. The standard InChI is InChI=1S/C13H11BrN2O4/c1-19-8-2-4-10(11(17)6-8)13(18)16-15-7-9-3-5-12(14)20-9/h2-7,17H,1H3,(H,16,18)/b15-7-. The number of benzene rings is 1. The number of phenolic OH excluding ortho intramolecular Hbond substituents is 1. The van der Waals surface area contributed by atoms with E-state index < -0.39 is 5.91 Å². The van der Waals surface area contributed by atoms with Gasteiger partial charge in [-0.1, -0.05) is 0 Å². The highest BCUT2D eigenvalue weighted by Crippen LogP contribution is 2.23. The number of amides is 1. The molecule has 0 spiro atoms. The molecule has 1 heterocycles. The number of nitrogens with one attached hydrogen (secondary N) is 1. The van der Waals surface area contributed by atoms with Crippen LogP contribution >= 0.6 is 15.9 Å². The summed E-state index contributed by atoms with van der Waals surface area (Å²) in [6.07, 6.45) is 1.35. The van der Waals surface area contributed by atoms with Crippen molar-refractivity contribution in [3.05, 3.63) is 46.3 Å². The van der Waals surface area contributed by atoms with Crippen LogP contribution in [0.4, 0.5) is 0 Å². The third-order valence-electron chi connectivity index (χ3n) is 2.40. The van der Waals surface area contributed by atoms with Crippen LogP contribution in [0.2, 0.25) is 0 Å². The number of furan rings is 1. The topological polar surface area (TPSA) is 84.1 Å².